The molecule has 3 heterocycles. The van der Waals surface area contributed by atoms with Gasteiger partial charge >= 0.3 is 0 Å². The van der Waals surface area contributed by atoms with E-state index in [4.69, 9.17) is 4.74 Å². The molecule has 0 aliphatic carbocycles. The second kappa shape index (κ2) is 5.37. The second-order valence-corrected chi connectivity index (χ2v) is 6.51. The van der Waals surface area contributed by atoms with Crippen LogP contribution in [0.3, 0.4) is 0 Å². The summed E-state index contributed by atoms with van der Waals surface area (Å²) in [5.41, 5.74) is 5.95. The smallest absolute Gasteiger partial charge is 0.227 e. The van der Waals surface area contributed by atoms with Crippen molar-refractivity contribution in [2.75, 3.05) is 11.4 Å². The SMILES string of the molecule is CC(C)Oc1cncc(-c2cc3c4c(c2)CCN4C(=O)CC3)c1. The van der Waals surface area contributed by atoms with Crippen LogP contribution in [0.25, 0.3) is 11.1 Å². The highest BCUT2D eigenvalue weighted by Crippen LogP contribution is 2.39. The predicted octanol–water partition coefficient (Wildman–Crippen LogP) is 3.37. The molecule has 0 spiro atoms. The molecule has 4 rings (SSSR count). The number of rotatable bonds is 3. The maximum absolute atomic E-state index is 12.0. The van der Waals surface area contributed by atoms with Gasteiger partial charge in [0.2, 0.25) is 5.91 Å². The molecule has 118 valence electrons. The maximum Gasteiger partial charge on any atom is 0.227 e. The summed E-state index contributed by atoms with van der Waals surface area (Å²) >= 11 is 0. The lowest BCUT2D eigenvalue weighted by molar-refractivity contribution is -0.118. The van der Waals surface area contributed by atoms with Crippen molar-refractivity contribution in [3.05, 3.63) is 41.7 Å². The van der Waals surface area contributed by atoms with Gasteiger partial charge in [0.05, 0.1) is 18.0 Å². The monoisotopic (exact) mass is 308 g/mol. The predicted molar refractivity (Wildman–Crippen MR) is 89.8 cm³/mol. The number of aromatic nitrogens is 1. The van der Waals surface area contributed by atoms with Gasteiger partial charge in [-0.2, -0.15) is 0 Å². The van der Waals surface area contributed by atoms with Crippen LogP contribution in [0, 0.1) is 0 Å². The van der Waals surface area contributed by atoms with Gasteiger partial charge < -0.3 is 9.64 Å². The van der Waals surface area contributed by atoms with Crippen molar-refractivity contribution < 1.29 is 9.53 Å². The summed E-state index contributed by atoms with van der Waals surface area (Å²) in [5, 5.41) is 0. The van der Waals surface area contributed by atoms with Gasteiger partial charge in [-0.25, -0.2) is 0 Å². The molecule has 2 aliphatic rings. The lowest BCUT2D eigenvalue weighted by Gasteiger charge is -2.25. The van der Waals surface area contributed by atoms with Crippen molar-refractivity contribution in [3.63, 3.8) is 0 Å². The van der Waals surface area contributed by atoms with E-state index < -0.39 is 0 Å². The molecule has 0 atom stereocenters. The molecule has 0 fully saturated rings. The summed E-state index contributed by atoms with van der Waals surface area (Å²) in [6, 6.07) is 6.45. The highest BCUT2D eigenvalue weighted by molar-refractivity contribution is 5.99. The lowest BCUT2D eigenvalue weighted by Crippen LogP contribution is -2.32. The molecule has 2 aliphatic heterocycles. The quantitative estimate of drug-likeness (QED) is 0.873. The first-order chi connectivity index (χ1) is 11.1. The first-order valence-electron chi connectivity index (χ1n) is 8.20. The van der Waals surface area contributed by atoms with Crippen LogP contribution in [-0.2, 0) is 17.6 Å². The summed E-state index contributed by atoms with van der Waals surface area (Å²) in [5.74, 6) is 1.06. The van der Waals surface area contributed by atoms with E-state index in [1.54, 1.807) is 6.20 Å². The third-order valence-corrected chi connectivity index (χ3v) is 4.47. The fraction of sp³-hybridized carbons (Fsp3) is 0.368. The standard InChI is InChI=1S/C19H20N2O2/c1-12(2)23-17-9-16(10-20-11-17)15-7-13-3-4-18(22)21-6-5-14(8-15)19(13)21/h7-12H,3-6H2,1-2H3. The number of ether oxygens (including phenoxy) is 1. The van der Waals surface area contributed by atoms with Crippen molar-refractivity contribution in [3.8, 4) is 16.9 Å². The van der Waals surface area contributed by atoms with Gasteiger partial charge in [0.15, 0.2) is 0 Å². The van der Waals surface area contributed by atoms with Gasteiger partial charge in [-0.15, -0.1) is 0 Å². The van der Waals surface area contributed by atoms with E-state index in [9.17, 15) is 4.79 Å². The van der Waals surface area contributed by atoms with Crippen LogP contribution in [0.4, 0.5) is 5.69 Å². The molecule has 1 aromatic heterocycles. The summed E-state index contributed by atoms with van der Waals surface area (Å²) in [6.45, 7) is 4.84. The Bertz CT molecular complexity index is 783. The first kappa shape index (κ1) is 14.2. The fourth-order valence-electron chi connectivity index (χ4n) is 3.54. The molecule has 0 bridgehead atoms. The zero-order valence-corrected chi connectivity index (χ0v) is 13.5. The van der Waals surface area contributed by atoms with E-state index in [-0.39, 0.29) is 12.0 Å². The Labute approximate surface area is 136 Å². The average Bonchev–Trinajstić information content (AvgIpc) is 2.96. The number of aryl methyl sites for hydroxylation is 1. The van der Waals surface area contributed by atoms with Gasteiger partial charge in [0.25, 0.3) is 0 Å². The van der Waals surface area contributed by atoms with Gasteiger partial charge in [-0.1, -0.05) is 0 Å². The Morgan fingerprint density at radius 3 is 2.61 bits per heavy atom. The molecule has 0 saturated carbocycles. The van der Waals surface area contributed by atoms with E-state index in [0.29, 0.717) is 6.42 Å². The molecule has 1 amide bonds. The van der Waals surface area contributed by atoms with Crippen molar-refractivity contribution >= 4 is 11.6 Å². The van der Waals surface area contributed by atoms with Crippen molar-refractivity contribution in [1.82, 2.24) is 4.98 Å². The summed E-state index contributed by atoms with van der Waals surface area (Å²) in [7, 11) is 0. The van der Waals surface area contributed by atoms with Crippen LogP contribution in [0.2, 0.25) is 0 Å². The number of anilines is 1. The number of hydrogen-bond donors (Lipinski definition) is 0. The van der Waals surface area contributed by atoms with Crippen LogP contribution in [0.5, 0.6) is 5.75 Å². The Morgan fingerprint density at radius 2 is 1.83 bits per heavy atom. The Kier molecular flexibility index (Phi) is 3.33. The number of carbonyl (C=O) groups is 1. The van der Waals surface area contributed by atoms with Crippen LogP contribution >= 0.6 is 0 Å². The summed E-state index contributed by atoms with van der Waals surface area (Å²) in [6.07, 6.45) is 6.15. The molecule has 4 nitrogen and oxygen atoms in total. The molecule has 2 aromatic rings. The van der Waals surface area contributed by atoms with E-state index >= 15 is 0 Å². The minimum atomic E-state index is 0.132. The number of pyridine rings is 1. The molecule has 1 aromatic carbocycles. The van der Waals surface area contributed by atoms with E-state index in [0.717, 1.165) is 42.0 Å². The van der Waals surface area contributed by atoms with E-state index in [1.165, 1.54) is 11.1 Å². The van der Waals surface area contributed by atoms with Crippen LogP contribution in [-0.4, -0.2) is 23.5 Å². The molecule has 0 saturated heterocycles. The highest BCUT2D eigenvalue weighted by Gasteiger charge is 2.31. The molecular weight excluding hydrogens is 288 g/mol. The van der Waals surface area contributed by atoms with Gasteiger partial charge in [-0.3, -0.25) is 9.78 Å². The molecular formula is C19H20N2O2. The Balaban J connectivity index is 1.76. The summed E-state index contributed by atoms with van der Waals surface area (Å²) in [4.78, 5) is 18.3. The van der Waals surface area contributed by atoms with Crippen molar-refractivity contribution in [1.29, 1.82) is 0 Å². The summed E-state index contributed by atoms with van der Waals surface area (Å²) < 4.78 is 5.75. The van der Waals surface area contributed by atoms with Gasteiger partial charge in [0, 0.05) is 24.7 Å². The average molecular weight is 308 g/mol. The van der Waals surface area contributed by atoms with Crippen LogP contribution in [0.1, 0.15) is 31.4 Å². The first-order valence-corrected chi connectivity index (χ1v) is 8.20. The third kappa shape index (κ3) is 2.48. The molecule has 0 unspecified atom stereocenters. The van der Waals surface area contributed by atoms with Gasteiger partial charge in [0.1, 0.15) is 5.75 Å². The van der Waals surface area contributed by atoms with Crippen LogP contribution in [0.15, 0.2) is 30.6 Å². The largest absolute Gasteiger partial charge is 0.489 e. The zero-order chi connectivity index (χ0) is 16.0. The third-order valence-electron chi connectivity index (χ3n) is 4.47. The number of hydrogen-bond acceptors (Lipinski definition) is 3. The van der Waals surface area contributed by atoms with Gasteiger partial charge in [-0.05, 0) is 61.6 Å². The van der Waals surface area contributed by atoms with E-state index in [1.807, 2.05) is 31.0 Å². The van der Waals surface area contributed by atoms with Crippen molar-refractivity contribution in [2.24, 2.45) is 0 Å². The molecule has 0 radical (unpaired) electrons. The zero-order valence-electron chi connectivity index (χ0n) is 13.5. The topological polar surface area (TPSA) is 42.4 Å². The number of benzene rings is 1. The molecule has 4 heteroatoms. The Morgan fingerprint density at radius 1 is 1.04 bits per heavy atom. The minimum Gasteiger partial charge on any atom is -0.489 e. The normalized spacial score (nSPS) is 16.0. The number of carbonyl (C=O) groups excluding carboxylic acids is 1. The molecule has 0 N–H and O–H groups in total. The Hall–Kier alpha value is -2.36. The molecule has 23 heavy (non-hydrogen) atoms. The number of amides is 1. The highest BCUT2D eigenvalue weighted by atomic mass is 16.5. The fourth-order valence-corrected chi connectivity index (χ4v) is 3.54. The van der Waals surface area contributed by atoms with E-state index in [2.05, 4.69) is 17.1 Å². The maximum atomic E-state index is 12.0. The van der Waals surface area contributed by atoms with Crippen LogP contribution < -0.4 is 9.64 Å². The minimum absolute atomic E-state index is 0.132. The van der Waals surface area contributed by atoms with Crippen molar-refractivity contribution in [2.45, 2.75) is 39.2 Å². The lowest BCUT2D eigenvalue weighted by atomic mass is 9.94. The second-order valence-electron chi connectivity index (χ2n) is 6.51. The number of nitrogens with zero attached hydrogens (tertiary/aromatic N) is 2.